The third kappa shape index (κ3) is 5.88. The number of guanidine groups is 1. The average Bonchev–Trinajstić information content (AvgIpc) is 2.97. The molecule has 0 saturated heterocycles. The fourth-order valence-electron chi connectivity index (χ4n) is 2.93. The molecule has 154 valence electrons. The van der Waals surface area contributed by atoms with Gasteiger partial charge in [0, 0.05) is 36.8 Å². The molecular weight excluding hydrogens is 368 g/mol. The van der Waals surface area contributed by atoms with Gasteiger partial charge in [0.2, 0.25) is 0 Å². The number of aliphatic imine (C=N–C) groups is 1. The molecule has 0 aliphatic carbocycles. The molecule has 3 rings (SSSR count). The molecule has 1 heterocycles. The van der Waals surface area contributed by atoms with Crippen molar-refractivity contribution in [3.63, 3.8) is 0 Å². The zero-order chi connectivity index (χ0) is 20.5. The molecule has 7 nitrogen and oxygen atoms in total. The molecule has 2 aromatic carbocycles. The van der Waals surface area contributed by atoms with E-state index in [-0.39, 0.29) is 5.91 Å². The Morgan fingerprint density at radius 3 is 2.59 bits per heavy atom. The molecule has 0 aromatic heterocycles. The molecule has 0 fully saturated rings. The smallest absolute Gasteiger partial charge is 0.251 e. The highest BCUT2D eigenvalue weighted by Crippen LogP contribution is 2.32. The van der Waals surface area contributed by atoms with Crippen LogP contribution in [0.2, 0.25) is 0 Å². The summed E-state index contributed by atoms with van der Waals surface area (Å²) in [5, 5.41) is 9.36. The zero-order valence-corrected chi connectivity index (χ0v) is 17.0. The first-order valence-corrected chi connectivity index (χ1v) is 10.0. The minimum absolute atomic E-state index is 0.0736. The predicted octanol–water partition coefficient (Wildman–Crippen LogP) is 3.18. The van der Waals surface area contributed by atoms with Gasteiger partial charge in [-0.25, -0.2) is 4.99 Å². The zero-order valence-electron chi connectivity index (χ0n) is 17.0. The SMILES string of the molecule is CCNC(=O)c1cccc(CN=C(NCC)Nc2ccc3c(c2)OCCCO3)c1. The molecule has 0 spiro atoms. The van der Waals surface area contributed by atoms with Crippen LogP contribution >= 0.6 is 0 Å². The van der Waals surface area contributed by atoms with Gasteiger partial charge < -0.3 is 25.4 Å². The third-order valence-corrected chi connectivity index (χ3v) is 4.30. The normalized spacial score (nSPS) is 13.4. The van der Waals surface area contributed by atoms with E-state index in [0.29, 0.717) is 37.8 Å². The molecule has 1 aliphatic rings. The van der Waals surface area contributed by atoms with Crippen LogP contribution in [0.25, 0.3) is 0 Å². The van der Waals surface area contributed by atoms with Gasteiger partial charge in [0.25, 0.3) is 5.91 Å². The van der Waals surface area contributed by atoms with Crippen molar-refractivity contribution >= 4 is 17.6 Å². The number of anilines is 1. The molecule has 7 heteroatoms. The second-order valence-electron chi connectivity index (χ2n) is 6.59. The van der Waals surface area contributed by atoms with E-state index in [9.17, 15) is 4.79 Å². The fraction of sp³-hybridized carbons (Fsp3) is 0.364. The Bertz CT molecular complexity index is 867. The van der Waals surface area contributed by atoms with E-state index in [1.165, 1.54) is 0 Å². The van der Waals surface area contributed by atoms with Crippen LogP contribution in [-0.2, 0) is 6.54 Å². The largest absolute Gasteiger partial charge is 0.490 e. The summed E-state index contributed by atoms with van der Waals surface area (Å²) in [6.45, 7) is 7.01. The second kappa shape index (κ2) is 10.4. The molecular formula is C22H28N4O3. The van der Waals surface area contributed by atoms with E-state index in [1.807, 2.05) is 50.2 Å². The Morgan fingerprint density at radius 2 is 1.79 bits per heavy atom. The van der Waals surface area contributed by atoms with Crippen molar-refractivity contribution in [3.8, 4) is 11.5 Å². The summed E-state index contributed by atoms with van der Waals surface area (Å²) in [5.41, 5.74) is 2.47. The summed E-state index contributed by atoms with van der Waals surface area (Å²) in [7, 11) is 0. The van der Waals surface area contributed by atoms with E-state index in [4.69, 9.17) is 9.47 Å². The van der Waals surface area contributed by atoms with Gasteiger partial charge in [0.05, 0.1) is 19.8 Å². The van der Waals surface area contributed by atoms with Crippen LogP contribution in [0.4, 0.5) is 5.69 Å². The van der Waals surface area contributed by atoms with Gasteiger partial charge in [-0.3, -0.25) is 4.79 Å². The van der Waals surface area contributed by atoms with Crippen molar-refractivity contribution < 1.29 is 14.3 Å². The molecule has 0 unspecified atom stereocenters. The van der Waals surface area contributed by atoms with Gasteiger partial charge in [0.15, 0.2) is 17.5 Å². The first-order valence-electron chi connectivity index (χ1n) is 10.0. The Labute approximate surface area is 171 Å². The number of benzene rings is 2. The first kappa shape index (κ1) is 20.5. The highest BCUT2D eigenvalue weighted by atomic mass is 16.5. The molecule has 29 heavy (non-hydrogen) atoms. The fourth-order valence-corrected chi connectivity index (χ4v) is 2.93. The number of carbonyl (C=O) groups excluding carboxylic acids is 1. The van der Waals surface area contributed by atoms with Crippen LogP contribution in [0.5, 0.6) is 11.5 Å². The predicted molar refractivity (Wildman–Crippen MR) is 115 cm³/mol. The maximum Gasteiger partial charge on any atom is 0.251 e. The lowest BCUT2D eigenvalue weighted by Gasteiger charge is -2.14. The highest BCUT2D eigenvalue weighted by molar-refractivity contribution is 5.95. The number of amides is 1. The van der Waals surface area contributed by atoms with Crippen LogP contribution in [-0.4, -0.2) is 38.2 Å². The Balaban J connectivity index is 1.71. The number of ether oxygens (including phenoxy) is 2. The standard InChI is InChI=1S/C22H28N4O3/c1-3-23-21(27)17-8-5-7-16(13-17)15-25-22(24-4-2)26-18-9-10-19-20(14-18)29-12-6-11-28-19/h5,7-10,13-14H,3-4,6,11-12,15H2,1-2H3,(H,23,27)(H2,24,25,26). The lowest BCUT2D eigenvalue weighted by atomic mass is 10.1. The Kier molecular flexibility index (Phi) is 7.33. The lowest BCUT2D eigenvalue weighted by Crippen LogP contribution is -2.30. The number of hydrogen-bond acceptors (Lipinski definition) is 4. The summed E-state index contributed by atoms with van der Waals surface area (Å²) in [6.07, 6.45) is 0.872. The van der Waals surface area contributed by atoms with Crippen LogP contribution < -0.4 is 25.4 Å². The third-order valence-electron chi connectivity index (χ3n) is 4.30. The number of rotatable bonds is 6. The van der Waals surface area contributed by atoms with E-state index < -0.39 is 0 Å². The van der Waals surface area contributed by atoms with Gasteiger partial charge in [-0.05, 0) is 43.7 Å². The summed E-state index contributed by atoms with van der Waals surface area (Å²) in [5.74, 6) is 2.08. The van der Waals surface area contributed by atoms with Crippen molar-refractivity contribution in [2.24, 2.45) is 4.99 Å². The first-order chi connectivity index (χ1) is 14.2. The number of carbonyl (C=O) groups is 1. The van der Waals surface area contributed by atoms with Gasteiger partial charge in [-0.2, -0.15) is 0 Å². The van der Waals surface area contributed by atoms with Crippen LogP contribution in [0, 0.1) is 0 Å². The molecule has 0 saturated carbocycles. The summed E-state index contributed by atoms with van der Waals surface area (Å²) in [4.78, 5) is 16.7. The van der Waals surface area contributed by atoms with E-state index in [1.54, 1.807) is 6.07 Å². The van der Waals surface area contributed by atoms with E-state index in [0.717, 1.165) is 35.7 Å². The molecule has 2 aromatic rings. The number of nitrogens with one attached hydrogen (secondary N) is 3. The van der Waals surface area contributed by atoms with Crippen LogP contribution in [0.15, 0.2) is 47.5 Å². The summed E-state index contributed by atoms with van der Waals surface area (Å²) in [6, 6.07) is 13.3. The number of hydrogen-bond donors (Lipinski definition) is 3. The van der Waals surface area contributed by atoms with Crippen molar-refractivity contribution in [1.82, 2.24) is 10.6 Å². The molecule has 0 bridgehead atoms. The maximum atomic E-state index is 12.0. The van der Waals surface area contributed by atoms with Crippen LogP contribution in [0.1, 0.15) is 36.2 Å². The minimum Gasteiger partial charge on any atom is -0.490 e. The van der Waals surface area contributed by atoms with Gasteiger partial charge in [0.1, 0.15) is 0 Å². The highest BCUT2D eigenvalue weighted by Gasteiger charge is 2.11. The molecule has 1 amide bonds. The quantitative estimate of drug-likeness (QED) is 0.516. The Hall–Kier alpha value is -3.22. The van der Waals surface area contributed by atoms with Crippen molar-refractivity contribution in [2.75, 3.05) is 31.6 Å². The van der Waals surface area contributed by atoms with Gasteiger partial charge >= 0.3 is 0 Å². The molecule has 3 N–H and O–H groups in total. The second-order valence-corrected chi connectivity index (χ2v) is 6.59. The number of nitrogens with zero attached hydrogens (tertiary/aromatic N) is 1. The summed E-state index contributed by atoms with van der Waals surface area (Å²) >= 11 is 0. The summed E-state index contributed by atoms with van der Waals surface area (Å²) < 4.78 is 11.4. The number of fused-ring (bicyclic) bond motifs is 1. The van der Waals surface area contributed by atoms with Crippen LogP contribution in [0.3, 0.4) is 0 Å². The maximum absolute atomic E-state index is 12.0. The van der Waals surface area contributed by atoms with E-state index >= 15 is 0 Å². The molecule has 0 radical (unpaired) electrons. The van der Waals surface area contributed by atoms with Gasteiger partial charge in [-0.1, -0.05) is 12.1 Å². The van der Waals surface area contributed by atoms with Crippen molar-refractivity contribution in [2.45, 2.75) is 26.8 Å². The Morgan fingerprint density at radius 1 is 1.00 bits per heavy atom. The molecule has 1 aliphatic heterocycles. The topological polar surface area (TPSA) is 84.0 Å². The lowest BCUT2D eigenvalue weighted by molar-refractivity contribution is 0.0955. The average molecular weight is 396 g/mol. The van der Waals surface area contributed by atoms with Crippen molar-refractivity contribution in [3.05, 3.63) is 53.6 Å². The minimum atomic E-state index is -0.0736. The molecule has 0 atom stereocenters. The van der Waals surface area contributed by atoms with Crippen molar-refractivity contribution in [1.29, 1.82) is 0 Å². The van der Waals surface area contributed by atoms with E-state index in [2.05, 4.69) is 20.9 Å². The monoisotopic (exact) mass is 396 g/mol. The van der Waals surface area contributed by atoms with Gasteiger partial charge in [-0.15, -0.1) is 0 Å².